The van der Waals surface area contributed by atoms with Crippen LogP contribution in [0.2, 0.25) is 0 Å². The van der Waals surface area contributed by atoms with Gasteiger partial charge in [-0.15, -0.1) is 0 Å². The average Bonchev–Trinajstić information content (AvgIpc) is 2.93. The molecule has 21 heavy (non-hydrogen) atoms. The summed E-state index contributed by atoms with van der Waals surface area (Å²) in [5.41, 5.74) is 1.63. The molecule has 0 saturated carbocycles. The lowest BCUT2D eigenvalue weighted by Crippen LogP contribution is -2.29. The van der Waals surface area contributed by atoms with Crippen molar-refractivity contribution >= 4 is 11.6 Å². The molecule has 1 amide bonds. The molecular formula is C17H22N2O2. The first kappa shape index (κ1) is 15.2. The van der Waals surface area contributed by atoms with Crippen LogP contribution in [0.1, 0.15) is 42.6 Å². The van der Waals surface area contributed by atoms with E-state index in [9.17, 15) is 4.79 Å². The smallest absolute Gasteiger partial charge is 0.251 e. The number of hydrogen-bond acceptors (Lipinski definition) is 3. The molecule has 0 unspecified atom stereocenters. The highest BCUT2D eigenvalue weighted by Crippen LogP contribution is 2.13. The highest BCUT2D eigenvalue weighted by Gasteiger charge is 2.06. The molecule has 2 rings (SSSR count). The predicted octanol–water partition coefficient (Wildman–Crippen LogP) is 3.59. The predicted molar refractivity (Wildman–Crippen MR) is 84.5 cm³/mol. The molecule has 0 saturated heterocycles. The Bertz CT molecular complexity index is 585. The Morgan fingerprint density at radius 2 is 1.76 bits per heavy atom. The van der Waals surface area contributed by atoms with Crippen molar-refractivity contribution in [1.82, 2.24) is 5.32 Å². The van der Waals surface area contributed by atoms with E-state index >= 15 is 0 Å². The first-order chi connectivity index (χ1) is 10.1. The number of hydrogen-bond donors (Lipinski definition) is 2. The molecule has 0 aliphatic heterocycles. The molecule has 1 aromatic carbocycles. The molecule has 0 aliphatic carbocycles. The highest BCUT2D eigenvalue weighted by atomic mass is 16.3. The maximum Gasteiger partial charge on any atom is 0.251 e. The molecule has 2 N–H and O–H groups in total. The van der Waals surface area contributed by atoms with E-state index < -0.39 is 0 Å². The minimum Gasteiger partial charge on any atom is -0.464 e. The molecule has 4 nitrogen and oxygen atoms in total. The maximum absolute atomic E-state index is 11.8. The second-order valence-electron chi connectivity index (χ2n) is 5.28. The van der Waals surface area contributed by atoms with Crippen molar-refractivity contribution in [2.75, 3.05) is 5.32 Å². The Morgan fingerprint density at radius 3 is 2.33 bits per heavy atom. The lowest BCUT2D eigenvalue weighted by atomic mass is 10.2. The standard InChI is InChI=1S/C17H22N2O2/c1-4-15-9-10-16(21-15)11-18-14-7-5-13(6-8-14)17(20)19-12(2)3/h5-10,12,18H,4,11H2,1-3H3,(H,19,20). The summed E-state index contributed by atoms with van der Waals surface area (Å²) >= 11 is 0. The van der Waals surface area contributed by atoms with Gasteiger partial charge in [0.1, 0.15) is 11.5 Å². The Hall–Kier alpha value is -2.23. The largest absolute Gasteiger partial charge is 0.464 e. The molecule has 0 bridgehead atoms. The van der Waals surface area contributed by atoms with E-state index in [4.69, 9.17) is 4.42 Å². The molecule has 1 heterocycles. The van der Waals surface area contributed by atoms with E-state index in [1.54, 1.807) is 0 Å². The zero-order chi connectivity index (χ0) is 15.2. The van der Waals surface area contributed by atoms with Gasteiger partial charge in [-0.05, 0) is 50.2 Å². The second kappa shape index (κ2) is 6.97. The Morgan fingerprint density at radius 1 is 1.10 bits per heavy atom. The van der Waals surface area contributed by atoms with E-state index in [-0.39, 0.29) is 11.9 Å². The molecule has 112 valence electrons. The molecule has 0 aliphatic rings. The molecule has 0 atom stereocenters. The second-order valence-corrected chi connectivity index (χ2v) is 5.28. The maximum atomic E-state index is 11.8. The van der Waals surface area contributed by atoms with Gasteiger partial charge in [0.25, 0.3) is 5.91 Å². The van der Waals surface area contributed by atoms with Gasteiger partial charge in [-0.2, -0.15) is 0 Å². The number of benzene rings is 1. The van der Waals surface area contributed by atoms with Gasteiger partial charge >= 0.3 is 0 Å². The molecule has 2 aromatic rings. The highest BCUT2D eigenvalue weighted by molar-refractivity contribution is 5.94. The van der Waals surface area contributed by atoms with Gasteiger partial charge in [-0.25, -0.2) is 0 Å². The average molecular weight is 286 g/mol. The lowest BCUT2D eigenvalue weighted by molar-refractivity contribution is 0.0943. The van der Waals surface area contributed by atoms with Gasteiger partial charge < -0.3 is 15.1 Å². The van der Waals surface area contributed by atoms with Crippen LogP contribution in [0.25, 0.3) is 0 Å². The number of anilines is 1. The number of furan rings is 1. The molecule has 0 spiro atoms. The minimum atomic E-state index is -0.0461. The van der Waals surface area contributed by atoms with E-state index in [0.29, 0.717) is 12.1 Å². The van der Waals surface area contributed by atoms with E-state index in [1.807, 2.05) is 50.2 Å². The van der Waals surface area contributed by atoms with E-state index in [1.165, 1.54) is 0 Å². The third kappa shape index (κ3) is 4.38. The normalized spacial score (nSPS) is 10.7. The third-order valence-electron chi connectivity index (χ3n) is 3.10. The Labute approximate surface area is 125 Å². The van der Waals surface area contributed by atoms with Crippen LogP contribution in [0.5, 0.6) is 0 Å². The third-order valence-corrected chi connectivity index (χ3v) is 3.10. The number of rotatable bonds is 6. The van der Waals surface area contributed by atoms with Gasteiger partial charge in [-0.1, -0.05) is 6.92 Å². The number of carbonyl (C=O) groups excluding carboxylic acids is 1. The topological polar surface area (TPSA) is 54.3 Å². The van der Waals surface area contributed by atoms with Crippen molar-refractivity contribution in [3.63, 3.8) is 0 Å². The summed E-state index contributed by atoms with van der Waals surface area (Å²) in [4.78, 5) is 11.8. The van der Waals surface area contributed by atoms with Crippen LogP contribution in [-0.4, -0.2) is 11.9 Å². The van der Waals surface area contributed by atoms with E-state index in [2.05, 4.69) is 17.6 Å². The fourth-order valence-electron chi connectivity index (χ4n) is 1.98. The number of aryl methyl sites for hydroxylation is 1. The van der Waals surface area contributed by atoms with Gasteiger partial charge in [0, 0.05) is 23.7 Å². The van der Waals surface area contributed by atoms with Crippen LogP contribution >= 0.6 is 0 Å². The summed E-state index contributed by atoms with van der Waals surface area (Å²) in [5.74, 6) is 1.86. The van der Waals surface area contributed by atoms with Crippen LogP contribution in [0, 0.1) is 0 Å². The van der Waals surface area contributed by atoms with Crippen LogP contribution < -0.4 is 10.6 Å². The summed E-state index contributed by atoms with van der Waals surface area (Å²) < 4.78 is 5.63. The summed E-state index contributed by atoms with van der Waals surface area (Å²) in [6, 6.07) is 11.6. The van der Waals surface area contributed by atoms with Crippen molar-refractivity contribution in [2.45, 2.75) is 39.8 Å². The van der Waals surface area contributed by atoms with Crippen molar-refractivity contribution in [1.29, 1.82) is 0 Å². The first-order valence-corrected chi connectivity index (χ1v) is 7.31. The van der Waals surface area contributed by atoms with Crippen LogP contribution in [0.15, 0.2) is 40.8 Å². The zero-order valence-electron chi connectivity index (χ0n) is 12.8. The van der Waals surface area contributed by atoms with Crippen molar-refractivity contribution in [3.8, 4) is 0 Å². The van der Waals surface area contributed by atoms with Crippen molar-refractivity contribution in [3.05, 3.63) is 53.5 Å². The summed E-state index contributed by atoms with van der Waals surface area (Å²) in [5, 5.41) is 6.15. The molecule has 0 radical (unpaired) electrons. The Balaban J connectivity index is 1.91. The van der Waals surface area contributed by atoms with Gasteiger partial charge in [0.05, 0.1) is 6.54 Å². The van der Waals surface area contributed by atoms with Crippen LogP contribution in [-0.2, 0) is 13.0 Å². The summed E-state index contributed by atoms with van der Waals surface area (Å²) in [6.07, 6.45) is 0.902. The molecular weight excluding hydrogens is 264 g/mol. The fraction of sp³-hybridized carbons (Fsp3) is 0.353. The quantitative estimate of drug-likeness (QED) is 0.853. The van der Waals surface area contributed by atoms with Gasteiger partial charge in [-0.3, -0.25) is 4.79 Å². The number of amides is 1. The Kier molecular flexibility index (Phi) is 5.04. The van der Waals surface area contributed by atoms with E-state index in [0.717, 1.165) is 23.6 Å². The lowest BCUT2D eigenvalue weighted by Gasteiger charge is -2.09. The van der Waals surface area contributed by atoms with Crippen molar-refractivity contribution in [2.24, 2.45) is 0 Å². The molecule has 0 fully saturated rings. The molecule has 4 heteroatoms. The van der Waals surface area contributed by atoms with Gasteiger partial charge in [0.15, 0.2) is 0 Å². The number of nitrogens with one attached hydrogen (secondary N) is 2. The number of carbonyl (C=O) groups is 1. The molecule has 1 aromatic heterocycles. The zero-order valence-corrected chi connectivity index (χ0v) is 12.8. The minimum absolute atomic E-state index is 0.0461. The van der Waals surface area contributed by atoms with Crippen LogP contribution in [0.3, 0.4) is 0 Å². The fourth-order valence-corrected chi connectivity index (χ4v) is 1.98. The van der Waals surface area contributed by atoms with Crippen molar-refractivity contribution < 1.29 is 9.21 Å². The summed E-state index contributed by atoms with van der Waals surface area (Å²) in [7, 11) is 0. The first-order valence-electron chi connectivity index (χ1n) is 7.31. The SMILES string of the molecule is CCc1ccc(CNc2ccc(C(=O)NC(C)C)cc2)o1. The van der Waals surface area contributed by atoms with Gasteiger partial charge in [0.2, 0.25) is 0 Å². The van der Waals surface area contributed by atoms with Crippen LogP contribution in [0.4, 0.5) is 5.69 Å². The monoisotopic (exact) mass is 286 g/mol. The summed E-state index contributed by atoms with van der Waals surface area (Å²) in [6.45, 7) is 6.60.